The summed E-state index contributed by atoms with van der Waals surface area (Å²) in [4.78, 5) is 20.5. The first kappa shape index (κ1) is 14.0. The van der Waals surface area contributed by atoms with Gasteiger partial charge in [0.2, 0.25) is 0 Å². The van der Waals surface area contributed by atoms with Crippen LogP contribution >= 0.6 is 23.1 Å². The van der Waals surface area contributed by atoms with Crippen LogP contribution in [0.1, 0.15) is 12.6 Å². The number of fused-ring (bicyclic) bond motifs is 1. The minimum absolute atomic E-state index is 0.516. The van der Waals surface area contributed by atoms with Crippen molar-refractivity contribution < 1.29 is 9.90 Å². The average Bonchev–Trinajstić information content (AvgIpc) is 2.89. The largest absolute Gasteiger partial charge is 0.480 e. The minimum atomic E-state index is -1.16. The molecule has 0 aliphatic heterocycles. The first-order valence-corrected chi connectivity index (χ1v) is 7.92. The molecule has 0 spiro atoms. The monoisotopic (exact) mass is 316 g/mol. The van der Waals surface area contributed by atoms with Crippen molar-refractivity contribution in [2.45, 2.75) is 16.0 Å². The molecule has 0 bridgehead atoms. The van der Waals surface area contributed by atoms with Crippen LogP contribution in [0, 0.1) is 0 Å². The number of benzene rings is 1. The van der Waals surface area contributed by atoms with E-state index in [1.807, 2.05) is 24.3 Å². The number of carbonyl (C=O) groups is 1. The number of thiazole rings is 1. The summed E-state index contributed by atoms with van der Waals surface area (Å²) >= 11 is 2.72. The Balaban J connectivity index is 2.01. The van der Waals surface area contributed by atoms with Gasteiger partial charge < -0.3 is 5.11 Å². The van der Waals surface area contributed by atoms with Gasteiger partial charge in [-0.3, -0.25) is 9.78 Å². The number of aromatic nitrogens is 2. The van der Waals surface area contributed by atoms with Crippen LogP contribution in [0.2, 0.25) is 0 Å². The lowest BCUT2D eigenvalue weighted by Crippen LogP contribution is -2.29. The van der Waals surface area contributed by atoms with Crippen molar-refractivity contribution in [1.82, 2.24) is 9.97 Å². The molecule has 1 unspecified atom stereocenters. The third-order valence-corrected chi connectivity index (χ3v) is 5.52. The van der Waals surface area contributed by atoms with Crippen LogP contribution in [0.5, 0.6) is 0 Å². The Hall–Kier alpha value is -1.92. The number of hydrogen-bond acceptors (Lipinski definition) is 5. The van der Waals surface area contributed by atoms with Gasteiger partial charge in [0, 0.05) is 6.20 Å². The van der Waals surface area contributed by atoms with Crippen molar-refractivity contribution in [2.24, 2.45) is 0 Å². The predicted octanol–water partition coefficient (Wildman–Crippen LogP) is 3.78. The summed E-state index contributed by atoms with van der Waals surface area (Å²) in [5, 5.41) is 9.64. The molecule has 0 radical (unpaired) electrons. The molecule has 2 heterocycles. The zero-order valence-electron chi connectivity index (χ0n) is 11.2. The molecular formula is C15H12N2O2S2. The SMILES string of the molecule is CC(Sc1nc2ccccc2s1)(C(=O)O)c1ccccn1. The van der Waals surface area contributed by atoms with Crippen molar-refractivity contribution in [1.29, 1.82) is 0 Å². The molecule has 3 aromatic rings. The van der Waals surface area contributed by atoms with E-state index in [1.165, 1.54) is 23.1 Å². The van der Waals surface area contributed by atoms with Crippen LogP contribution in [0.15, 0.2) is 53.0 Å². The number of carboxylic acid groups (broad SMARTS) is 1. The molecular weight excluding hydrogens is 304 g/mol. The van der Waals surface area contributed by atoms with E-state index < -0.39 is 10.7 Å². The summed E-state index contributed by atoms with van der Waals surface area (Å²) in [5.41, 5.74) is 1.40. The lowest BCUT2D eigenvalue weighted by molar-refractivity contribution is -0.139. The highest BCUT2D eigenvalue weighted by molar-refractivity contribution is 8.02. The molecule has 0 fully saturated rings. The maximum atomic E-state index is 11.8. The van der Waals surface area contributed by atoms with Crippen LogP contribution < -0.4 is 0 Å². The Labute approximate surface area is 129 Å². The zero-order valence-corrected chi connectivity index (χ0v) is 12.8. The summed E-state index contributed by atoms with van der Waals surface area (Å²) in [7, 11) is 0. The predicted molar refractivity (Wildman–Crippen MR) is 84.7 cm³/mol. The number of thioether (sulfide) groups is 1. The molecule has 2 aromatic heterocycles. The van der Waals surface area contributed by atoms with Gasteiger partial charge >= 0.3 is 5.97 Å². The number of aliphatic carboxylic acids is 1. The molecule has 106 valence electrons. The summed E-state index contributed by atoms with van der Waals surface area (Å²) < 4.78 is 0.621. The fourth-order valence-electron chi connectivity index (χ4n) is 1.92. The molecule has 1 atom stereocenters. The quantitative estimate of drug-likeness (QED) is 0.742. The number of hydrogen-bond donors (Lipinski definition) is 1. The topological polar surface area (TPSA) is 63.1 Å². The van der Waals surface area contributed by atoms with Gasteiger partial charge in [-0.1, -0.05) is 30.0 Å². The fourth-order valence-corrected chi connectivity index (χ4v) is 4.36. The van der Waals surface area contributed by atoms with Gasteiger partial charge in [0.15, 0.2) is 9.09 Å². The van der Waals surface area contributed by atoms with E-state index in [2.05, 4.69) is 9.97 Å². The van der Waals surface area contributed by atoms with Crippen molar-refractivity contribution in [2.75, 3.05) is 0 Å². The van der Waals surface area contributed by atoms with E-state index >= 15 is 0 Å². The molecule has 1 N–H and O–H groups in total. The molecule has 3 rings (SSSR count). The molecule has 0 aliphatic carbocycles. The molecule has 6 heteroatoms. The molecule has 0 amide bonds. The molecule has 0 aliphatic rings. The van der Waals surface area contributed by atoms with Gasteiger partial charge in [0.05, 0.1) is 15.9 Å². The number of carboxylic acids is 1. The lowest BCUT2D eigenvalue weighted by atomic mass is 10.1. The smallest absolute Gasteiger partial charge is 0.326 e. The van der Waals surface area contributed by atoms with E-state index in [0.717, 1.165) is 14.6 Å². The third kappa shape index (κ3) is 2.64. The van der Waals surface area contributed by atoms with Crippen LogP contribution in [-0.2, 0) is 9.54 Å². The van der Waals surface area contributed by atoms with Gasteiger partial charge in [-0.05, 0) is 31.2 Å². The molecule has 0 saturated heterocycles. The average molecular weight is 316 g/mol. The summed E-state index contributed by atoms with van der Waals surface area (Å²) in [6.45, 7) is 1.66. The number of rotatable bonds is 4. The zero-order chi connectivity index (χ0) is 14.9. The highest BCUT2D eigenvalue weighted by Crippen LogP contribution is 2.43. The van der Waals surface area contributed by atoms with E-state index in [1.54, 1.807) is 31.3 Å². The highest BCUT2D eigenvalue weighted by Gasteiger charge is 2.39. The Morgan fingerprint density at radius 3 is 2.67 bits per heavy atom. The van der Waals surface area contributed by atoms with E-state index in [4.69, 9.17) is 0 Å². The van der Waals surface area contributed by atoms with Crippen LogP contribution in [0.3, 0.4) is 0 Å². The van der Waals surface area contributed by atoms with Crippen molar-refractivity contribution >= 4 is 39.3 Å². The maximum absolute atomic E-state index is 11.8. The fraction of sp³-hybridized carbons (Fsp3) is 0.133. The second-order valence-corrected chi connectivity index (χ2v) is 7.30. The minimum Gasteiger partial charge on any atom is -0.480 e. The number of para-hydroxylation sites is 1. The summed E-state index contributed by atoms with van der Waals surface area (Å²) in [6, 6.07) is 13.1. The van der Waals surface area contributed by atoms with Crippen molar-refractivity contribution in [3.05, 3.63) is 54.4 Å². The summed E-state index contributed by atoms with van der Waals surface area (Å²) in [5.74, 6) is -0.926. The van der Waals surface area contributed by atoms with Gasteiger partial charge in [0.25, 0.3) is 0 Å². The Morgan fingerprint density at radius 1 is 1.24 bits per heavy atom. The highest BCUT2D eigenvalue weighted by atomic mass is 32.2. The Kier molecular flexibility index (Phi) is 3.65. The maximum Gasteiger partial charge on any atom is 0.326 e. The number of nitrogens with zero attached hydrogens (tertiary/aromatic N) is 2. The Morgan fingerprint density at radius 2 is 2.00 bits per heavy atom. The molecule has 1 aromatic carbocycles. The lowest BCUT2D eigenvalue weighted by Gasteiger charge is -2.21. The first-order valence-electron chi connectivity index (χ1n) is 6.29. The van der Waals surface area contributed by atoms with Crippen LogP contribution in [0.4, 0.5) is 0 Å². The molecule has 0 saturated carbocycles. The third-order valence-electron chi connectivity index (χ3n) is 3.13. The van der Waals surface area contributed by atoms with Crippen LogP contribution in [0.25, 0.3) is 10.2 Å². The Bertz CT molecular complexity index is 755. The van der Waals surface area contributed by atoms with Crippen LogP contribution in [-0.4, -0.2) is 21.0 Å². The molecule has 21 heavy (non-hydrogen) atoms. The first-order chi connectivity index (χ1) is 10.1. The number of pyridine rings is 1. The van der Waals surface area contributed by atoms with Gasteiger partial charge in [-0.2, -0.15) is 0 Å². The van der Waals surface area contributed by atoms with Gasteiger partial charge in [-0.15, -0.1) is 11.3 Å². The van der Waals surface area contributed by atoms with Crippen molar-refractivity contribution in [3.63, 3.8) is 0 Å². The summed E-state index contributed by atoms with van der Waals surface area (Å²) in [6.07, 6.45) is 1.61. The van der Waals surface area contributed by atoms with Gasteiger partial charge in [0.1, 0.15) is 0 Å². The second-order valence-electron chi connectivity index (χ2n) is 4.60. The van der Waals surface area contributed by atoms with E-state index in [0.29, 0.717) is 5.69 Å². The normalized spacial score (nSPS) is 14.0. The standard InChI is InChI=1S/C15H12N2O2S2/c1-15(13(18)19,12-8-4-5-9-16-12)21-14-17-10-6-2-3-7-11(10)20-14/h2-9H,1H3,(H,18,19). The molecule has 4 nitrogen and oxygen atoms in total. The second kappa shape index (κ2) is 5.46. The van der Waals surface area contributed by atoms with Crippen molar-refractivity contribution in [3.8, 4) is 0 Å². The van der Waals surface area contributed by atoms with Gasteiger partial charge in [-0.25, -0.2) is 4.98 Å². The van der Waals surface area contributed by atoms with E-state index in [9.17, 15) is 9.90 Å². The van der Waals surface area contributed by atoms with E-state index in [-0.39, 0.29) is 0 Å².